The van der Waals surface area contributed by atoms with E-state index in [9.17, 15) is 4.79 Å². The van der Waals surface area contributed by atoms with Crippen molar-refractivity contribution in [3.8, 4) is 17.2 Å². The van der Waals surface area contributed by atoms with E-state index in [0.29, 0.717) is 46.9 Å². The van der Waals surface area contributed by atoms with Crippen molar-refractivity contribution in [3.63, 3.8) is 0 Å². The summed E-state index contributed by atoms with van der Waals surface area (Å²) < 4.78 is 17.0. The summed E-state index contributed by atoms with van der Waals surface area (Å²) in [6.07, 6.45) is 2.32. The van der Waals surface area contributed by atoms with E-state index >= 15 is 0 Å². The molecule has 176 valence electrons. The van der Waals surface area contributed by atoms with Crippen LogP contribution in [0.25, 0.3) is 6.08 Å². The molecule has 4 rings (SSSR count). The number of aryl methyl sites for hydroxylation is 1. The maximum absolute atomic E-state index is 12.5. The third-order valence-electron chi connectivity index (χ3n) is 5.04. The molecule has 2 aliphatic rings. The number of fused-ring (bicyclic) bond motifs is 1. The van der Waals surface area contributed by atoms with Gasteiger partial charge in [0.15, 0.2) is 17.3 Å². The predicted molar refractivity (Wildman–Crippen MR) is 135 cm³/mol. The summed E-state index contributed by atoms with van der Waals surface area (Å²) in [4.78, 5) is 16.6. The van der Waals surface area contributed by atoms with E-state index in [4.69, 9.17) is 31.2 Å². The minimum Gasteiger partial charge on any atom is -0.493 e. The Balaban J connectivity index is 1.43. The Labute approximate surface area is 206 Å². The van der Waals surface area contributed by atoms with Crippen LogP contribution in [0.3, 0.4) is 0 Å². The SMILES string of the molecule is CCC1=NN2C(=N)/C(=C/c3ccc(OCCOc4ccc(Cl)c(C)c4)c(OC)c3)C(=O)N=C2S1. The third kappa shape index (κ3) is 5.10. The molecule has 0 fully saturated rings. The number of nitrogens with one attached hydrogen (secondary N) is 1. The Bertz CT molecular complexity index is 1240. The molecule has 2 aromatic carbocycles. The minimum atomic E-state index is -0.467. The molecule has 0 aromatic heterocycles. The van der Waals surface area contributed by atoms with Crippen LogP contribution in [0.4, 0.5) is 0 Å². The molecule has 10 heteroatoms. The molecule has 0 saturated carbocycles. The van der Waals surface area contributed by atoms with E-state index < -0.39 is 5.91 Å². The number of methoxy groups -OCH3 is 1. The van der Waals surface area contributed by atoms with Crippen molar-refractivity contribution >= 4 is 51.4 Å². The van der Waals surface area contributed by atoms with Gasteiger partial charge in [-0.3, -0.25) is 10.2 Å². The van der Waals surface area contributed by atoms with E-state index in [1.165, 1.54) is 16.8 Å². The number of hydrogen-bond donors (Lipinski definition) is 1. The molecule has 0 aliphatic carbocycles. The number of hydrogen-bond acceptors (Lipinski definition) is 7. The quantitative estimate of drug-likeness (QED) is 0.399. The second-order valence-electron chi connectivity index (χ2n) is 7.39. The number of amidine groups is 2. The monoisotopic (exact) mass is 498 g/mol. The Hall–Kier alpha value is -3.30. The molecule has 1 N–H and O–H groups in total. The molecule has 0 saturated heterocycles. The van der Waals surface area contributed by atoms with Crippen LogP contribution in [0.5, 0.6) is 17.2 Å². The van der Waals surface area contributed by atoms with Crippen LogP contribution in [0, 0.1) is 12.3 Å². The Kier molecular flexibility index (Phi) is 7.23. The zero-order chi connectivity index (χ0) is 24.2. The topological polar surface area (TPSA) is 96.6 Å². The molecule has 2 aliphatic heterocycles. The number of hydrazone groups is 1. The van der Waals surface area contributed by atoms with E-state index in [0.717, 1.165) is 16.4 Å². The largest absolute Gasteiger partial charge is 0.493 e. The molecule has 0 atom stereocenters. The van der Waals surface area contributed by atoms with Crippen LogP contribution in [0.1, 0.15) is 24.5 Å². The molecule has 0 bridgehead atoms. The predicted octanol–water partition coefficient (Wildman–Crippen LogP) is 5.14. The van der Waals surface area contributed by atoms with Gasteiger partial charge in [0.1, 0.15) is 24.0 Å². The Morgan fingerprint density at radius 3 is 2.68 bits per heavy atom. The fourth-order valence-corrected chi connectivity index (χ4v) is 4.19. The van der Waals surface area contributed by atoms with Crippen LogP contribution in [-0.2, 0) is 4.79 Å². The van der Waals surface area contributed by atoms with Gasteiger partial charge >= 0.3 is 0 Å². The molecule has 1 amide bonds. The molecule has 0 spiro atoms. The summed E-state index contributed by atoms with van der Waals surface area (Å²) in [5, 5.41) is 16.1. The van der Waals surface area contributed by atoms with Gasteiger partial charge in [-0.25, -0.2) is 0 Å². The third-order valence-corrected chi connectivity index (χ3v) is 6.51. The Morgan fingerprint density at radius 2 is 1.94 bits per heavy atom. The number of thioether (sulfide) groups is 1. The second-order valence-corrected chi connectivity index (χ2v) is 8.83. The van der Waals surface area contributed by atoms with Gasteiger partial charge in [-0.2, -0.15) is 15.1 Å². The van der Waals surface area contributed by atoms with Gasteiger partial charge in [-0.05, 0) is 72.6 Å². The summed E-state index contributed by atoms with van der Waals surface area (Å²) in [5.41, 5.74) is 1.78. The highest BCUT2D eigenvalue weighted by atomic mass is 35.5. The molecule has 0 unspecified atom stereocenters. The van der Waals surface area contributed by atoms with Gasteiger partial charge in [0.25, 0.3) is 5.91 Å². The number of aliphatic imine (C=N–C) groups is 1. The number of amides is 1. The van der Waals surface area contributed by atoms with Crippen molar-refractivity contribution < 1.29 is 19.0 Å². The zero-order valence-corrected chi connectivity index (χ0v) is 20.5. The van der Waals surface area contributed by atoms with Crippen molar-refractivity contribution in [1.82, 2.24) is 5.01 Å². The molecule has 0 radical (unpaired) electrons. The second kappa shape index (κ2) is 10.3. The van der Waals surface area contributed by atoms with Gasteiger partial charge in [0, 0.05) is 5.02 Å². The van der Waals surface area contributed by atoms with E-state index in [1.807, 2.05) is 26.0 Å². The van der Waals surface area contributed by atoms with Crippen LogP contribution in [0.15, 0.2) is 52.1 Å². The number of carbonyl (C=O) groups excluding carboxylic acids is 1. The number of nitrogens with zero attached hydrogens (tertiary/aromatic N) is 3. The highest BCUT2D eigenvalue weighted by Gasteiger charge is 2.35. The maximum atomic E-state index is 12.5. The average Bonchev–Trinajstić information content (AvgIpc) is 3.25. The molecule has 2 heterocycles. The van der Waals surface area contributed by atoms with Crippen LogP contribution < -0.4 is 14.2 Å². The summed E-state index contributed by atoms with van der Waals surface area (Å²) in [7, 11) is 1.54. The highest BCUT2D eigenvalue weighted by Crippen LogP contribution is 2.32. The van der Waals surface area contributed by atoms with Crippen molar-refractivity contribution in [2.45, 2.75) is 20.3 Å². The van der Waals surface area contributed by atoms with E-state index in [2.05, 4.69) is 10.1 Å². The number of ether oxygens (including phenoxy) is 3. The fourth-order valence-electron chi connectivity index (χ4n) is 3.25. The van der Waals surface area contributed by atoms with E-state index in [-0.39, 0.29) is 11.4 Å². The van der Waals surface area contributed by atoms with E-state index in [1.54, 1.807) is 37.5 Å². The normalized spacial score (nSPS) is 16.4. The first kappa shape index (κ1) is 23.8. The summed E-state index contributed by atoms with van der Waals surface area (Å²) in [5.74, 6) is 1.29. The first-order valence-corrected chi connectivity index (χ1v) is 11.8. The first-order chi connectivity index (χ1) is 16.4. The highest BCUT2D eigenvalue weighted by molar-refractivity contribution is 8.26. The summed E-state index contributed by atoms with van der Waals surface area (Å²) in [6.45, 7) is 4.54. The lowest BCUT2D eigenvalue weighted by Gasteiger charge is -2.20. The lowest BCUT2D eigenvalue weighted by Crippen LogP contribution is -2.35. The van der Waals surface area contributed by atoms with Crippen LogP contribution >= 0.6 is 23.4 Å². The number of halogens is 1. The van der Waals surface area contributed by atoms with Gasteiger partial charge in [-0.15, -0.1) is 0 Å². The molecular weight excluding hydrogens is 476 g/mol. The first-order valence-electron chi connectivity index (χ1n) is 10.6. The van der Waals surface area contributed by atoms with Gasteiger partial charge in [0.05, 0.1) is 12.7 Å². The molecule has 34 heavy (non-hydrogen) atoms. The van der Waals surface area contributed by atoms with Crippen molar-refractivity contribution in [2.75, 3.05) is 20.3 Å². The molecular formula is C24H23ClN4O4S. The number of rotatable bonds is 8. The van der Waals surface area contributed by atoms with Gasteiger partial charge in [0.2, 0.25) is 5.17 Å². The van der Waals surface area contributed by atoms with Gasteiger partial charge < -0.3 is 14.2 Å². The lowest BCUT2D eigenvalue weighted by molar-refractivity contribution is -0.114. The summed E-state index contributed by atoms with van der Waals surface area (Å²) in [6, 6.07) is 10.8. The maximum Gasteiger partial charge on any atom is 0.283 e. The van der Waals surface area contributed by atoms with Crippen molar-refractivity contribution in [3.05, 3.63) is 58.1 Å². The lowest BCUT2D eigenvalue weighted by atomic mass is 10.1. The number of benzene rings is 2. The number of carbonyl (C=O) groups is 1. The minimum absolute atomic E-state index is 0.000159. The molecule has 2 aromatic rings. The average molecular weight is 499 g/mol. The molecule has 8 nitrogen and oxygen atoms in total. The fraction of sp³-hybridized carbons (Fsp3) is 0.250. The van der Waals surface area contributed by atoms with Crippen molar-refractivity contribution in [2.24, 2.45) is 10.1 Å². The van der Waals surface area contributed by atoms with Crippen LogP contribution in [-0.4, -0.2) is 47.3 Å². The standard InChI is InChI=1S/C24H23ClN4O4S/c1-4-21-28-29-22(26)17(23(30)27-24(29)34-21)12-15-5-8-19(20(13-15)31-3)33-10-9-32-16-6-7-18(25)14(2)11-16/h5-8,11-13,26H,4,9-10H2,1-3H3/b17-12-,26-22?. The zero-order valence-electron chi connectivity index (χ0n) is 18.9. The smallest absolute Gasteiger partial charge is 0.283 e. The van der Waals surface area contributed by atoms with Gasteiger partial charge in [-0.1, -0.05) is 24.6 Å². The van der Waals surface area contributed by atoms with Crippen LogP contribution in [0.2, 0.25) is 5.02 Å². The van der Waals surface area contributed by atoms with Crippen molar-refractivity contribution in [1.29, 1.82) is 5.41 Å². The summed E-state index contributed by atoms with van der Waals surface area (Å²) >= 11 is 7.35. The Morgan fingerprint density at radius 1 is 1.15 bits per heavy atom.